The van der Waals surface area contributed by atoms with E-state index in [1.54, 1.807) is 12.1 Å². The van der Waals surface area contributed by atoms with Crippen molar-refractivity contribution in [3.05, 3.63) is 41.1 Å². The minimum Gasteiger partial charge on any atom is -0.360 e. The van der Waals surface area contributed by atoms with E-state index in [1.807, 2.05) is 18.2 Å². The van der Waals surface area contributed by atoms with Gasteiger partial charge < -0.3 is 10.6 Å². The zero-order chi connectivity index (χ0) is 13.0. The molecule has 1 aromatic carbocycles. The molecule has 1 amide bonds. The molecule has 0 aliphatic carbocycles. The monoisotopic (exact) mass is 238 g/mol. The molecule has 5 heteroatoms. The number of hydrogen-bond acceptors (Lipinski definition) is 4. The number of nitriles is 2. The lowest BCUT2D eigenvalue weighted by Gasteiger charge is -2.19. The molecule has 0 atom stereocenters. The summed E-state index contributed by atoms with van der Waals surface area (Å²) in [6.07, 6.45) is 1.66. The number of nitrogens with zero attached hydrogens (tertiary/aromatic N) is 2. The summed E-state index contributed by atoms with van der Waals surface area (Å²) in [4.78, 5) is 11.4. The Bertz CT molecular complexity index is 588. The number of fused-ring (bicyclic) bond motifs is 1. The summed E-state index contributed by atoms with van der Waals surface area (Å²) in [5, 5.41) is 23.0. The first-order valence-corrected chi connectivity index (χ1v) is 5.39. The highest BCUT2D eigenvalue weighted by molar-refractivity contribution is 5.83. The molecule has 18 heavy (non-hydrogen) atoms. The standard InChI is InChI=1S/C13H10N4O/c14-5-9(6-15)7-16-12-3-1-2-10-8-17-13(18)4-11(10)12/h1-3,7,16H,4,8H2,(H,17,18). The Labute approximate surface area is 104 Å². The molecule has 0 aromatic heterocycles. The van der Waals surface area contributed by atoms with Gasteiger partial charge in [0.2, 0.25) is 5.91 Å². The van der Waals surface area contributed by atoms with Crippen LogP contribution in [-0.4, -0.2) is 5.91 Å². The maximum absolute atomic E-state index is 11.4. The SMILES string of the molecule is N#CC(C#N)=CNc1cccc2c1CC(=O)NC2. The van der Waals surface area contributed by atoms with Crippen LogP contribution < -0.4 is 10.6 Å². The summed E-state index contributed by atoms with van der Waals surface area (Å²) in [7, 11) is 0. The molecule has 0 unspecified atom stereocenters. The Kier molecular flexibility index (Phi) is 3.26. The summed E-state index contributed by atoms with van der Waals surface area (Å²) in [5.41, 5.74) is 2.70. The number of anilines is 1. The van der Waals surface area contributed by atoms with Gasteiger partial charge in [-0.15, -0.1) is 0 Å². The van der Waals surface area contributed by atoms with E-state index in [2.05, 4.69) is 10.6 Å². The largest absolute Gasteiger partial charge is 0.360 e. The molecule has 1 aliphatic rings. The molecule has 0 spiro atoms. The Balaban J connectivity index is 2.31. The summed E-state index contributed by atoms with van der Waals surface area (Å²) in [6, 6.07) is 9.17. The maximum Gasteiger partial charge on any atom is 0.224 e. The summed E-state index contributed by atoms with van der Waals surface area (Å²) >= 11 is 0. The highest BCUT2D eigenvalue weighted by Crippen LogP contribution is 2.23. The van der Waals surface area contributed by atoms with E-state index >= 15 is 0 Å². The van der Waals surface area contributed by atoms with Crippen LogP contribution in [0.5, 0.6) is 0 Å². The van der Waals surface area contributed by atoms with Crippen LogP contribution in [0.15, 0.2) is 30.0 Å². The van der Waals surface area contributed by atoms with E-state index in [-0.39, 0.29) is 11.5 Å². The molecular weight excluding hydrogens is 228 g/mol. The number of hydrogen-bond donors (Lipinski definition) is 2. The average Bonchev–Trinajstić information content (AvgIpc) is 2.40. The lowest BCUT2D eigenvalue weighted by molar-refractivity contribution is -0.121. The van der Waals surface area contributed by atoms with Gasteiger partial charge in [-0.25, -0.2) is 0 Å². The van der Waals surface area contributed by atoms with Gasteiger partial charge in [-0.3, -0.25) is 4.79 Å². The van der Waals surface area contributed by atoms with Crippen LogP contribution in [-0.2, 0) is 17.8 Å². The smallest absolute Gasteiger partial charge is 0.224 e. The first-order valence-electron chi connectivity index (χ1n) is 5.39. The Morgan fingerprint density at radius 3 is 2.89 bits per heavy atom. The number of allylic oxidation sites excluding steroid dienone is 1. The third-order valence-electron chi connectivity index (χ3n) is 2.70. The number of benzene rings is 1. The van der Waals surface area contributed by atoms with Crippen molar-refractivity contribution < 1.29 is 4.79 Å². The van der Waals surface area contributed by atoms with Crippen molar-refractivity contribution in [1.82, 2.24) is 5.32 Å². The fourth-order valence-corrected chi connectivity index (χ4v) is 1.80. The summed E-state index contributed by atoms with van der Waals surface area (Å²) in [5.74, 6) is -0.0264. The lowest BCUT2D eigenvalue weighted by atomic mass is 9.98. The maximum atomic E-state index is 11.4. The first-order chi connectivity index (χ1) is 8.74. The van der Waals surface area contributed by atoms with Gasteiger partial charge in [-0.2, -0.15) is 10.5 Å². The molecule has 1 aromatic rings. The lowest BCUT2D eigenvalue weighted by Crippen LogP contribution is -2.30. The van der Waals surface area contributed by atoms with E-state index in [0.717, 1.165) is 16.8 Å². The van der Waals surface area contributed by atoms with Crippen LogP contribution >= 0.6 is 0 Å². The van der Waals surface area contributed by atoms with E-state index in [9.17, 15) is 4.79 Å². The summed E-state index contributed by atoms with van der Waals surface area (Å²) < 4.78 is 0. The van der Waals surface area contributed by atoms with Crippen LogP contribution in [0.4, 0.5) is 5.69 Å². The van der Waals surface area contributed by atoms with Gasteiger partial charge in [0.05, 0.1) is 6.42 Å². The van der Waals surface area contributed by atoms with Crippen molar-refractivity contribution in [2.75, 3.05) is 5.32 Å². The third-order valence-corrected chi connectivity index (χ3v) is 2.70. The number of amides is 1. The zero-order valence-electron chi connectivity index (χ0n) is 9.53. The van der Waals surface area contributed by atoms with Crippen LogP contribution in [0.2, 0.25) is 0 Å². The average molecular weight is 238 g/mol. The Hall–Kier alpha value is -2.79. The van der Waals surface area contributed by atoms with Crippen LogP contribution in [0.3, 0.4) is 0 Å². The van der Waals surface area contributed by atoms with Gasteiger partial charge in [0, 0.05) is 18.4 Å². The Morgan fingerprint density at radius 2 is 2.17 bits per heavy atom. The fraction of sp³-hybridized carbons (Fsp3) is 0.154. The van der Waals surface area contributed by atoms with Crippen LogP contribution in [0.1, 0.15) is 11.1 Å². The molecule has 0 fully saturated rings. The molecule has 2 rings (SSSR count). The van der Waals surface area contributed by atoms with Crippen molar-refractivity contribution in [1.29, 1.82) is 10.5 Å². The minimum absolute atomic E-state index is 0.00661. The quantitative estimate of drug-likeness (QED) is 0.758. The van der Waals surface area contributed by atoms with E-state index < -0.39 is 0 Å². The predicted octanol–water partition coefficient (Wildman–Crippen LogP) is 1.20. The predicted molar refractivity (Wildman–Crippen MR) is 64.9 cm³/mol. The van der Waals surface area contributed by atoms with Crippen molar-refractivity contribution >= 4 is 11.6 Å². The third kappa shape index (κ3) is 2.31. The second-order valence-corrected chi connectivity index (χ2v) is 3.82. The number of rotatable bonds is 2. The molecule has 0 saturated carbocycles. The van der Waals surface area contributed by atoms with Crippen LogP contribution in [0.25, 0.3) is 0 Å². The van der Waals surface area contributed by atoms with E-state index in [4.69, 9.17) is 10.5 Å². The first kappa shape index (κ1) is 11.7. The van der Waals surface area contributed by atoms with Gasteiger partial charge in [0.25, 0.3) is 0 Å². The van der Waals surface area contributed by atoms with Crippen LogP contribution in [0, 0.1) is 22.7 Å². The molecule has 2 N–H and O–H groups in total. The molecule has 0 saturated heterocycles. The molecule has 0 bridgehead atoms. The van der Waals surface area contributed by atoms with E-state index in [0.29, 0.717) is 13.0 Å². The minimum atomic E-state index is -0.0264. The normalized spacial score (nSPS) is 12.4. The van der Waals surface area contributed by atoms with Crippen molar-refractivity contribution in [3.8, 4) is 12.1 Å². The van der Waals surface area contributed by atoms with E-state index in [1.165, 1.54) is 6.20 Å². The highest BCUT2D eigenvalue weighted by Gasteiger charge is 2.17. The van der Waals surface area contributed by atoms with Gasteiger partial charge in [0.1, 0.15) is 17.7 Å². The topological polar surface area (TPSA) is 88.7 Å². The highest BCUT2D eigenvalue weighted by atomic mass is 16.1. The number of nitrogens with one attached hydrogen (secondary N) is 2. The van der Waals surface area contributed by atoms with Crippen molar-refractivity contribution in [2.24, 2.45) is 0 Å². The molecular formula is C13H10N4O. The van der Waals surface area contributed by atoms with Gasteiger partial charge in [0.15, 0.2) is 0 Å². The van der Waals surface area contributed by atoms with Crippen molar-refractivity contribution in [2.45, 2.75) is 13.0 Å². The summed E-state index contributed by atoms with van der Waals surface area (Å²) in [6.45, 7) is 0.511. The second-order valence-electron chi connectivity index (χ2n) is 3.82. The fourth-order valence-electron chi connectivity index (χ4n) is 1.80. The molecule has 5 nitrogen and oxygen atoms in total. The molecule has 1 heterocycles. The Morgan fingerprint density at radius 1 is 1.39 bits per heavy atom. The number of carbonyl (C=O) groups is 1. The second kappa shape index (κ2) is 5.03. The zero-order valence-corrected chi connectivity index (χ0v) is 9.53. The van der Waals surface area contributed by atoms with Crippen molar-refractivity contribution in [3.63, 3.8) is 0 Å². The molecule has 1 aliphatic heterocycles. The van der Waals surface area contributed by atoms with Gasteiger partial charge in [-0.05, 0) is 17.2 Å². The number of carbonyl (C=O) groups excluding carboxylic acids is 1. The molecule has 0 radical (unpaired) electrons. The van der Waals surface area contributed by atoms with Gasteiger partial charge >= 0.3 is 0 Å². The van der Waals surface area contributed by atoms with Gasteiger partial charge in [-0.1, -0.05) is 12.1 Å². The molecule has 88 valence electrons.